The number of hydrogen-bond acceptors (Lipinski definition) is 4. The predicted octanol–water partition coefficient (Wildman–Crippen LogP) is 3.53. The van der Waals surface area contributed by atoms with Crippen LogP contribution >= 0.6 is 11.3 Å². The molecule has 0 saturated heterocycles. The standard InChI is InChI=1S/C15H15FN2OS/c1-2-13-14(7-9-17)20-15(18-13)8-10-19-12-5-3-11(16)4-6-12/h3-6H,2,7-8,10H2,1H3. The number of nitriles is 1. The van der Waals surface area contributed by atoms with Gasteiger partial charge in [0.15, 0.2) is 0 Å². The van der Waals surface area contributed by atoms with Gasteiger partial charge < -0.3 is 4.74 Å². The maximum absolute atomic E-state index is 12.7. The van der Waals surface area contributed by atoms with Crippen LogP contribution in [0.25, 0.3) is 0 Å². The van der Waals surface area contributed by atoms with E-state index in [2.05, 4.69) is 11.1 Å². The number of rotatable bonds is 6. The highest BCUT2D eigenvalue weighted by molar-refractivity contribution is 7.11. The molecule has 1 aromatic heterocycles. The number of thiazole rings is 1. The van der Waals surface area contributed by atoms with E-state index < -0.39 is 0 Å². The van der Waals surface area contributed by atoms with Crippen molar-refractivity contribution in [3.8, 4) is 11.8 Å². The fourth-order valence-corrected chi connectivity index (χ4v) is 2.89. The Hall–Kier alpha value is -1.93. The number of aromatic nitrogens is 1. The number of hydrogen-bond donors (Lipinski definition) is 0. The molecule has 0 bridgehead atoms. The molecular formula is C15H15FN2OS. The van der Waals surface area contributed by atoms with Crippen LogP contribution in [0, 0.1) is 17.1 Å². The molecule has 5 heteroatoms. The van der Waals surface area contributed by atoms with Gasteiger partial charge in [0, 0.05) is 11.3 Å². The first-order valence-corrected chi connectivity index (χ1v) is 7.27. The SMILES string of the molecule is CCc1nc(CCOc2ccc(F)cc2)sc1CC#N. The topological polar surface area (TPSA) is 45.9 Å². The summed E-state index contributed by atoms with van der Waals surface area (Å²) in [5.41, 5.74) is 1.01. The lowest BCUT2D eigenvalue weighted by Crippen LogP contribution is -2.01. The van der Waals surface area contributed by atoms with Gasteiger partial charge in [-0.2, -0.15) is 5.26 Å². The Morgan fingerprint density at radius 2 is 2.10 bits per heavy atom. The molecule has 0 radical (unpaired) electrons. The summed E-state index contributed by atoms with van der Waals surface area (Å²) in [5, 5.41) is 9.75. The molecule has 1 aromatic carbocycles. The van der Waals surface area contributed by atoms with E-state index in [9.17, 15) is 4.39 Å². The van der Waals surface area contributed by atoms with Crippen LogP contribution in [0.2, 0.25) is 0 Å². The number of ether oxygens (including phenoxy) is 1. The smallest absolute Gasteiger partial charge is 0.123 e. The van der Waals surface area contributed by atoms with Crippen LogP contribution in [0.3, 0.4) is 0 Å². The average molecular weight is 290 g/mol. The highest BCUT2D eigenvalue weighted by Crippen LogP contribution is 2.20. The Morgan fingerprint density at radius 1 is 1.35 bits per heavy atom. The van der Waals surface area contributed by atoms with Gasteiger partial charge in [-0.05, 0) is 30.7 Å². The fraction of sp³-hybridized carbons (Fsp3) is 0.333. The number of halogens is 1. The van der Waals surface area contributed by atoms with Crippen molar-refractivity contribution in [1.82, 2.24) is 4.98 Å². The molecule has 0 fully saturated rings. The molecule has 0 saturated carbocycles. The maximum atomic E-state index is 12.7. The Balaban J connectivity index is 1.91. The second-order valence-corrected chi connectivity index (χ2v) is 5.39. The van der Waals surface area contributed by atoms with Gasteiger partial charge in [0.1, 0.15) is 11.6 Å². The third kappa shape index (κ3) is 3.78. The summed E-state index contributed by atoms with van der Waals surface area (Å²) in [7, 11) is 0. The van der Waals surface area contributed by atoms with Crippen molar-refractivity contribution in [3.05, 3.63) is 45.7 Å². The second kappa shape index (κ2) is 7.01. The average Bonchev–Trinajstić information content (AvgIpc) is 2.84. The molecule has 2 rings (SSSR count). The molecule has 0 N–H and O–H groups in total. The summed E-state index contributed by atoms with van der Waals surface area (Å²) in [6.07, 6.45) is 1.95. The zero-order valence-corrected chi connectivity index (χ0v) is 12.0. The lowest BCUT2D eigenvalue weighted by molar-refractivity contribution is 0.321. The third-order valence-corrected chi connectivity index (χ3v) is 3.95. The van der Waals surface area contributed by atoms with Crippen LogP contribution in [-0.2, 0) is 19.3 Å². The molecule has 104 valence electrons. The van der Waals surface area contributed by atoms with Crippen LogP contribution < -0.4 is 4.74 Å². The van der Waals surface area contributed by atoms with Crippen LogP contribution in [0.5, 0.6) is 5.75 Å². The summed E-state index contributed by atoms with van der Waals surface area (Å²) < 4.78 is 18.3. The Kier molecular flexibility index (Phi) is 5.08. The van der Waals surface area contributed by atoms with Gasteiger partial charge >= 0.3 is 0 Å². The largest absolute Gasteiger partial charge is 0.493 e. The Morgan fingerprint density at radius 3 is 2.75 bits per heavy atom. The van der Waals surface area contributed by atoms with Crippen molar-refractivity contribution in [1.29, 1.82) is 5.26 Å². The van der Waals surface area contributed by atoms with E-state index in [1.807, 2.05) is 6.92 Å². The van der Waals surface area contributed by atoms with Crippen molar-refractivity contribution in [2.45, 2.75) is 26.2 Å². The summed E-state index contributed by atoms with van der Waals surface area (Å²) in [5.74, 6) is 0.377. The summed E-state index contributed by atoms with van der Waals surface area (Å²) in [4.78, 5) is 5.57. The molecule has 0 unspecified atom stereocenters. The zero-order valence-electron chi connectivity index (χ0n) is 11.2. The van der Waals surface area contributed by atoms with Gasteiger partial charge in [-0.25, -0.2) is 9.37 Å². The Labute approximate surface area is 121 Å². The maximum Gasteiger partial charge on any atom is 0.123 e. The minimum Gasteiger partial charge on any atom is -0.493 e. The minimum absolute atomic E-state index is 0.272. The second-order valence-electron chi connectivity index (χ2n) is 4.22. The summed E-state index contributed by atoms with van der Waals surface area (Å²) in [6.45, 7) is 2.53. The van der Waals surface area contributed by atoms with Crippen LogP contribution in [0.4, 0.5) is 4.39 Å². The Bertz CT molecular complexity index is 601. The predicted molar refractivity (Wildman–Crippen MR) is 76.4 cm³/mol. The molecule has 20 heavy (non-hydrogen) atoms. The van der Waals surface area contributed by atoms with E-state index in [4.69, 9.17) is 10.00 Å². The quantitative estimate of drug-likeness (QED) is 0.817. The minimum atomic E-state index is -0.272. The monoisotopic (exact) mass is 290 g/mol. The van der Waals surface area contributed by atoms with Gasteiger partial charge in [0.25, 0.3) is 0 Å². The van der Waals surface area contributed by atoms with Crippen molar-refractivity contribution >= 4 is 11.3 Å². The first-order valence-electron chi connectivity index (χ1n) is 6.45. The van der Waals surface area contributed by atoms with Crippen molar-refractivity contribution in [3.63, 3.8) is 0 Å². The highest BCUT2D eigenvalue weighted by Gasteiger charge is 2.09. The molecule has 0 aliphatic heterocycles. The van der Waals surface area contributed by atoms with E-state index in [0.717, 1.165) is 22.0 Å². The fourth-order valence-electron chi connectivity index (χ4n) is 1.82. The normalized spacial score (nSPS) is 10.2. The molecule has 0 amide bonds. The first kappa shape index (κ1) is 14.5. The van der Waals surface area contributed by atoms with Crippen LogP contribution in [0.1, 0.15) is 22.5 Å². The molecule has 0 atom stereocenters. The first-order chi connectivity index (χ1) is 9.72. The van der Waals surface area contributed by atoms with Gasteiger partial charge in [0.2, 0.25) is 0 Å². The van der Waals surface area contributed by atoms with E-state index in [1.54, 1.807) is 23.5 Å². The van der Waals surface area contributed by atoms with Crippen molar-refractivity contribution in [2.75, 3.05) is 6.61 Å². The molecule has 0 aliphatic rings. The van der Waals surface area contributed by atoms with Crippen LogP contribution in [-0.4, -0.2) is 11.6 Å². The molecular weight excluding hydrogens is 275 g/mol. The van der Waals surface area contributed by atoms with E-state index in [-0.39, 0.29) is 5.82 Å². The van der Waals surface area contributed by atoms with E-state index in [0.29, 0.717) is 25.2 Å². The van der Waals surface area contributed by atoms with Gasteiger partial charge in [-0.15, -0.1) is 11.3 Å². The highest BCUT2D eigenvalue weighted by atomic mass is 32.1. The molecule has 1 heterocycles. The van der Waals surface area contributed by atoms with E-state index in [1.165, 1.54) is 12.1 Å². The zero-order chi connectivity index (χ0) is 14.4. The summed E-state index contributed by atoms with van der Waals surface area (Å²) in [6, 6.07) is 8.12. The van der Waals surface area contributed by atoms with Crippen molar-refractivity contribution in [2.24, 2.45) is 0 Å². The van der Waals surface area contributed by atoms with Crippen molar-refractivity contribution < 1.29 is 9.13 Å². The van der Waals surface area contributed by atoms with Crippen LogP contribution in [0.15, 0.2) is 24.3 Å². The van der Waals surface area contributed by atoms with Gasteiger partial charge in [0.05, 0.1) is 29.8 Å². The molecule has 0 aliphatic carbocycles. The molecule has 3 nitrogen and oxygen atoms in total. The van der Waals surface area contributed by atoms with Gasteiger partial charge in [-0.3, -0.25) is 0 Å². The van der Waals surface area contributed by atoms with Gasteiger partial charge in [-0.1, -0.05) is 6.92 Å². The summed E-state index contributed by atoms with van der Waals surface area (Å²) >= 11 is 1.57. The molecule has 2 aromatic rings. The third-order valence-electron chi connectivity index (χ3n) is 2.80. The molecule has 0 spiro atoms. The number of aryl methyl sites for hydroxylation is 1. The lowest BCUT2D eigenvalue weighted by Gasteiger charge is -2.04. The number of nitrogens with zero attached hydrogens (tertiary/aromatic N) is 2. The number of benzene rings is 1. The lowest BCUT2D eigenvalue weighted by atomic mass is 10.2. The van der Waals surface area contributed by atoms with E-state index >= 15 is 0 Å².